The van der Waals surface area contributed by atoms with Gasteiger partial charge in [0, 0.05) is 16.7 Å². The molecule has 0 bridgehead atoms. The Hall–Kier alpha value is -2.47. The van der Waals surface area contributed by atoms with Crippen LogP contribution in [0.2, 0.25) is 0 Å². The minimum Gasteiger partial charge on any atom is -0.476 e. The fraction of sp³-hybridized carbons (Fsp3) is 0. The average Bonchev–Trinajstić information content (AvgIpc) is 2.45. The van der Waals surface area contributed by atoms with Crippen molar-refractivity contribution in [1.82, 2.24) is 4.98 Å². The largest absolute Gasteiger partial charge is 0.476 e. The van der Waals surface area contributed by atoms with Gasteiger partial charge in [-0.25, -0.2) is 9.78 Å². The molecule has 0 atom stereocenters. The number of benzene rings is 1. The molecule has 0 aliphatic carbocycles. The molecule has 0 saturated heterocycles. The van der Waals surface area contributed by atoms with Crippen LogP contribution in [-0.4, -0.2) is 22.0 Å². The number of carboxylic acid groups (broad SMARTS) is 1. The molecular weight excluding hydrogens is 336 g/mol. The first-order valence-corrected chi connectivity index (χ1v) is 6.78. The van der Waals surface area contributed by atoms with Crippen molar-refractivity contribution in [2.75, 3.05) is 5.32 Å². The molecule has 0 radical (unpaired) electrons. The monoisotopic (exact) mass is 346 g/mol. The summed E-state index contributed by atoms with van der Waals surface area (Å²) in [6, 6.07) is 10.5. The van der Waals surface area contributed by atoms with Crippen LogP contribution in [0, 0.1) is 0 Å². The fourth-order valence-electron chi connectivity index (χ4n) is 1.63. The van der Waals surface area contributed by atoms with Gasteiger partial charge in [0.1, 0.15) is 0 Å². The molecular formula is C15H11BrN2O3. The predicted molar refractivity (Wildman–Crippen MR) is 83.0 cm³/mol. The normalized spacial score (nSPS) is 10.5. The van der Waals surface area contributed by atoms with Gasteiger partial charge in [0.25, 0.3) is 0 Å². The Kier molecular flexibility index (Phi) is 4.84. The molecule has 1 aromatic carbocycles. The summed E-state index contributed by atoms with van der Waals surface area (Å²) < 4.78 is 0.908. The first-order valence-electron chi connectivity index (χ1n) is 5.99. The molecule has 5 nitrogen and oxygen atoms in total. The van der Waals surface area contributed by atoms with Crippen LogP contribution in [0.4, 0.5) is 5.69 Å². The number of nitrogens with one attached hydrogen (secondary N) is 1. The van der Waals surface area contributed by atoms with Crippen LogP contribution in [0.25, 0.3) is 6.08 Å². The lowest BCUT2D eigenvalue weighted by Gasteiger charge is -2.04. The quantitative estimate of drug-likeness (QED) is 0.833. The van der Waals surface area contributed by atoms with Gasteiger partial charge >= 0.3 is 5.97 Å². The van der Waals surface area contributed by atoms with Crippen LogP contribution < -0.4 is 5.32 Å². The minimum absolute atomic E-state index is 0.161. The zero-order valence-electron chi connectivity index (χ0n) is 10.8. The summed E-state index contributed by atoms with van der Waals surface area (Å²) >= 11 is 3.34. The highest BCUT2D eigenvalue weighted by Crippen LogP contribution is 2.14. The van der Waals surface area contributed by atoms with Gasteiger partial charge < -0.3 is 10.4 Å². The van der Waals surface area contributed by atoms with E-state index in [9.17, 15) is 9.59 Å². The molecule has 6 heteroatoms. The van der Waals surface area contributed by atoms with Crippen molar-refractivity contribution < 1.29 is 14.7 Å². The number of rotatable bonds is 4. The molecule has 2 rings (SSSR count). The van der Waals surface area contributed by atoms with Gasteiger partial charge in [-0.1, -0.05) is 28.1 Å². The Morgan fingerprint density at radius 1 is 1.24 bits per heavy atom. The molecule has 0 fully saturated rings. The van der Waals surface area contributed by atoms with E-state index in [1.807, 2.05) is 24.3 Å². The lowest BCUT2D eigenvalue weighted by atomic mass is 10.2. The predicted octanol–water partition coefficient (Wildman–Crippen LogP) is 3.19. The number of carbonyl (C=O) groups is 2. The van der Waals surface area contributed by atoms with E-state index in [-0.39, 0.29) is 11.4 Å². The van der Waals surface area contributed by atoms with Gasteiger partial charge in [-0.05, 0) is 35.9 Å². The van der Waals surface area contributed by atoms with E-state index in [0.29, 0.717) is 0 Å². The number of carbonyl (C=O) groups excluding carboxylic acids is 1. The van der Waals surface area contributed by atoms with E-state index in [2.05, 4.69) is 26.2 Å². The first kappa shape index (κ1) is 14.9. The van der Waals surface area contributed by atoms with E-state index < -0.39 is 11.9 Å². The summed E-state index contributed by atoms with van der Waals surface area (Å²) in [5.74, 6) is -1.62. The Bertz CT molecular complexity index is 714. The summed E-state index contributed by atoms with van der Waals surface area (Å²) in [5.41, 5.74) is 0.819. The lowest BCUT2D eigenvalue weighted by Crippen LogP contribution is -2.13. The van der Waals surface area contributed by atoms with Crippen molar-refractivity contribution in [2.45, 2.75) is 0 Å². The highest BCUT2D eigenvalue weighted by molar-refractivity contribution is 9.10. The van der Waals surface area contributed by atoms with Crippen LogP contribution in [0.3, 0.4) is 0 Å². The molecule has 0 spiro atoms. The van der Waals surface area contributed by atoms with Gasteiger partial charge in [0.05, 0.1) is 5.69 Å². The van der Waals surface area contributed by atoms with Crippen molar-refractivity contribution in [3.63, 3.8) is 0 Å². The molecule has 21 heavy (non-hydrogen) atoms. The number of halogens is 1. The third-order valence-corrected chi connectivity index (χ3v) is 3.04. The van der Waals surface area contributed by atoms with Crippen molar-refractivity contribution in [2.24, 2.45) is 0 Å². The molecule has 0 saturated carbocycles. The second-order valence-corrected chi connectivity index (χ2v) is 5.00. The van der Waals surface area contributed by atoms with Crippen LogP contribution in [0.1, 0.15) is 16.1 Å². The second-order valence-electron chi connectivity index (χ2n) is 4.08. The number of hydrogen-bond acceptors (Lipinski definition) is 3. The Labute approximate surface area is 129 Å². The molecule has 0 unspecified atom stereocenters. The number of hydrogen-bond donors (Lipinski definition) is 2. The summed E-state index contributed by atoms with van der Waals surface area (Å²) in [6.07, 6.45) is 4.33. The smallest absolute Gasteiger partial charge is 0.356 e. The van der Waals surface area contributed by atoms with E-state index in [1.54, 1.807) is 12.1 Å². The standard InChI is InChI=1S/C15H11BrN2O3/c16-11-4-1-3-10(9-11)6-7-13(19)18-12-5-2-8-17-14(12)15(20)21/h1-9H,(H,18,19)(H,20,21)/b7-6+. The fourth-order valence-corrected chi connectivity index (χ4v) is 2.05. The van der Waals surface area contributed by atoms with Gasteiger partial charge in [0.15, 0.2) is 5.69 Å². The number of aromatic carboxylic acids is 1. The third-order valence-electron chi connectivity index (χ3n) is 2.54. The van der Waals surface area contributed by atoms with Gasteiger partial charge in [-0.3, -0.25) is 4.79 Å². The summed E-state index contributed by atoms with van der Waals surface area (Å²) in [4.78, 5) is 26.5. The highest BCUT2D eigenvalue weighted by Gasteiger charge is 2.11. The number of anilines is 1. The molecule has 1 aromatic heterocycles. The van der Waals surface area contributed by atoms with Crippen molar-refractivity contribution in [3.8, 4) is 0 Å². The van der Waals surface area contributed by atoms with E-state index in [4.69, 9.17) is 5.11 Å². The van der Waals surface area contributed by atoms with Gasteiger partial charge in [-0.15, -0.1) is 0 Å². The minimum atomic E-state index is -1.19. The van der Waals surface area contributed by atoms with Crippen LogP contribution in [0.5, 0.6) is 0 Å². The van der Waals surface area contributed by atoms with E-state index in [1.165, 1.54) is 18.3 Å². The Balaban J connectivity index is 2.10. The zero-order valence-corrected chi connectivity index (χ0v) is 12.4. The van der Waals surface area contributed by atoms with Crippen molar-refractivity contribution in [1.29, 1.82) is 0 Å². The lowest BCUT2D eigenvalue weighted by molar-refractivity contribution is -0.111. The number of aromatic nitrogens is 1. The van der Waals surface area contributed by atoms with E-state index in [0.717, 1.165) is 10.0 Å². The van der Waals surface area contributed by atoms with Crippen molar-refractivity contribution in [3.05, 3.63) is 64.4 Å². The molecule has 0 aliphatic rings. The molecule has 2 aromatic rings. The first-order chi connectivity index (χ1) is 10.1. The highest BCUT2D eigenvalue weighted by atomic mass is 79.9. The van der Waals surface area contributed by atoms with Gasteiger partial charge in [0.2, 0.25) is 5.91 Å². The number of amides is 1. The third kappa shape index (κ3) is 4.25. The second kappa shape index (κ2) is 6.81. The topological polar surface area (TPSA) is 79.3 Å². The zero-order chi connectivity index (χ0) is 15.2. The Morgan fingerprint density at radius 3 is 2.76 bits per heavy atom. The number of carboxylic acids is 1. The maximum Gasteiger partial charge on any atom is 0.356 e. The average molecular weight is 347 g/mol. The Morgan fingerprint density at radius 2 is 2.05 bits per heavy atom. The summed E-state index contributed by atoms with van der Waals surface area (Å²) in [7, 11) is 0. The van der Waals surface area contributed by atoms with E-state index >= 15 is 0 Å². The summed E-state index contributed by atoms with van der Waals surface area (Å²) in [5, 5.41) is 11.5. The van der Waals surface area contributed by atoms with Crippen LogP contribution in [-0.2, 0) is 4.79 Å². The molecule has 106 valence electrons. The molecule has 0 aliphatic heterocycles. The van der Waals surface area contributed by atoms with Crippen LogP contribution >= 0.6 is 15.9 Å². The number of nitrogens with zero attached hydrogens (tertiary/aromatic N) is 1. The maximum atomic E-state index is 11.8. The number of pyridine rings is 1. The molecule has 1 heterocycles. The summed E-state index contributed by atoms with van der Waals surface area (Å²) in [6.45, 7) is 0. The molecule has 2 N–H and O–H groups in total. The maximum absolute atomic E-state index is 11.8. The molecule has 1 amide bonds. The van der Waals surface area contributed by atoms with Gasteiger partial charge in [-0.2, -0.15) is 0 Å². The SMILES string of the molecule is O=C(/C=C/c1cccc(Br)c1)Nc1cccnc1C(=O)O. The van der Waals surface area contributed by atoms with Crippen molar-refractivity contribution >= 4 is 39.6 Å². The van der Waals surface area contributed by atoms with Crippen LogP contribution in [0.15, 0.2) is 53.1 Å².